The summed E-state index contributed by atoms with van der Waals surface area (Å²) in [7, 11) is 0. The average Bonchev–Trinajstić information content (AvgIpc) is 3.17. The summed E-state index contributed by atoms with van der Waals surface area (Å²) in [4.78, 5) is 14.5. The van der Waals surface area contributed by atoms with E-state index in [1.807, 2.05) is 11.0 Å². The number of hydrogen-bond acceptors (Lipinski definition) is 3. The quantitative estimate of drug-likeness (QED) is 0.824. The molecule has 1 aromatic rings. The molecule has 1 aromatic carbocycles. The largest absolute Gasteiger partial charge is 0.351 e. The molecule has 3 aliphatic rings. The molecule has 4 nitrogen and oxygen atoms in total. The Balaban J connectivity index is 1.42. The van der Waals surface area contributed by atoms with Crippen LogP contribution in [0.15, 0.2) is 22.7 Å². The van der Waals surface area contributed by atoms with Crippen LogP contribution in [-0.2, 0) is 17.6 Å². The maximum atomic E-state index is 12.6. The summed E-state index contributed by atoms with van der Waals surface area (Å²) >= 11 is 3.49. The van der Waals surface area contributed by atoms with Gasteiger partial charge in [0.05, 0.1) is 12.1 Å². The van der Waals surface area contributed by atoms with Crippen LogP contribution >= 0.6 is 15.9 Å². The Labute approximate surface area is 138 Å². The van der Waals surface area contributed by atoms with Crippen LogP contribution in [0.5, 0.6) is 0 Å². The monoisotopic (exact) mass is 359 g/mol. The minimum absolute atomic E-state index is 0.0407. The fourth-order valence-electron chi connectivity index (χ4n) is 4.37. The molecule has 2 bridgehead atoms. The first-order chi connectivity index (χ1) is 10.7. The number of hydrogen-bond donors (Lipinski definition) is 1. The fourth-order valence-corrected chi connectivity index (χ4v) is 4.78. The molecule has 2 saturated heterocycles. The van der Waals surface area contributed by atoms with E-state index >= 15 is 0 Å². The highest BCUT2D eigenvalue weighted by molar-refractivity contribution is 9.10. The number of benzene rings is 1. The van der Waals surface area contributed by atoms with Gasteiger partial charge in [0.2, 0.25) is 5.91 Å². The molecule has 0 unspecified atom stereocenters. The summed E-state index contributed by atoms with van der Waals surface area (Å²) in [6, 6.07) is 6.99. The molecule has 22 heavy (non-hydrogen) atoms. The number of nitrogens with zero attached hydrogens (tertiary/aromatic N) is 2. The second kappa shape index (κ2) is 5.27. The molecule has 1 amide bonds. The number of carbonyl (C=O) groups excluding carboxylic acids is 1. The van der Waals surface area contributed by atoms with Crippen molar-refractivity contribution in [3.63, 3.8) is 0 Å². The van der Waals surface area contributed by atoms with E-state index in [2.05, 4.69) is 39.6 Å². The number of nitrogens with one attached hydrogen (secondary N) is 1. The molecule has 4 atom stereocenters. The summed E-state index contributed by atoms with van der Waals surface area (Å²) in [6.07, 6.45) is 6.99. The molecule has 0 radical (unpaired) electrons. The van der Waals surface area contributed by atoms with Gasteiger partial charge in [-0.3, -0.25) is 4.79 Å². The molecular formula is C17H18BrN3O. The SMILES string of the molecule is N#CN1[C@H]2CC[C@@H]1[C@H](NC(=O)[C@@H]1Cc3ccc(Br)cc3C1)C2. The standard InChI is InChI=1S/C17H18BrN3O/c18-13-2-1-10-5-12(6-11(10)7-13)17(22)20-15-8-14-3-4-16(15)21(14)9-19/h1-2,7,12,14-16H,3-6,8H2,(H,20,22)/t12-,14+,15-,16-/m1/s1. The van der Waals surface area contributed by atoms with E-state index in [0.717, 1.165) is 36.6 Å². The molecule has 5 heteroatoms. The number of amides is 1. The normalized spacial score (nSPS) is 31.9. The Morgan fingerprint density at radius 1 is 1.32 bits per heavy atom. The second-order valence-corrected chi connectivity index (χ2v) is 7.59. The van der Waals surface area contributed by atoms with Crippen LogP contribution < -0.4 is 5.32 Å². The predicted octanol–water partition coefficient (Wildman–Crippen LogP) is 2.37. The van der Waals surface area contributed by atoms with Crippen LogP contribution in [-0.4, -0.2) is 28.9 Å². The molecule has 0 saturated carbocycles. The van der Waals surface area contributed by atoms with Gasteiger partial charge in [0.1, 0.15) is 0 Å². The Kier molecular flexibility index (Phi) is 3.37. The highest BCUT2D eigenvalue weighted by Crippen LogP contribution is 2.37. The maximum Gasteiger partial charge on any atom is 0.224 e. The average molecular weight is 360 g/mol. The summed E-state index contributed by atoms with van der Waals surface area (Å²) in [5.74, 6) is 0.196. The van der Waals surface area contributed by atoms with Crippen LogP contribution in [0.25, 0.3) is 0 Å². The van der Waals surface area contributed by atoms with E-state index in [0.29, 0.717) is 6.04 Å². The van der Waals surface area contributed by atoms with Gasteiger partial charge in [-0.15, -0.1) is 0 Å². The molecule has 114 valence electrons. The van der Waals surface area contributed by atoms with Crippen LogP contribution in [0, 0.1) is 17.4 Å². The molecule has 2 fully saturated rings. The zero-order chi connectivity index (χ0) is 15.3. The van der Waals surface area contributed by atoms with Gasteiger partial charge < -0.3 is 10.2 Å². The van der Waals surface area contributed by atoms with Crippen molar-refractivity contribution in [2.45, 2.75) is 50.2 Å². The topological polar surface area (TPSA) is 56.1 Å². The summed E-state index contributed by atoms with van der Waals surface area (Å²) in [5.41, 5.74) is 2.57. The van der Waals surface area contributed by atoms with E-state index in [1.165, 1.54) is 11.1 Å². The zero-order valence-corrected chi connectivity index (χ0v) is 13.8. The number of fused-ring (bicyclic) bond motifs is 3. The molecule has 2 heterocycles. The molecule has 2 aliphatic heterocycles. The van der Waals surface area contributed by atoms with Crippen molar-refractivity contribution in [1.82, 2.24) is 10.2 Å². The third kappa shape index (κ3) is 2.21. The molecular weight excluding hydrogens is 342 g/mol. The lowest BCUT2D eigenvalue weighted by molar-refractivity contribution is -0.125. The summed E-state index contributed by atoms with van der Waals surface area (Å²) in [5, 5.41) is 12.4. The van der Waals surface area contributed by atoms with Crippen molar-refractivity contribution >= 4 is 21.8 Å². The minimum atomic E-state index is 0.0407. The lowest BCUT2D eigenvalue weighted by Gasteiger charge is -2.23. The van der Waals surface area contributed by atoms with Gasteiger partial charge in [0.25, 0.3) is 0 Å². The van der Waals surface area contributed by atoms with Crippen molar-refractivity contribution in [2.75, 3.05) is 0 Å². The predicted molar refractivity (Wildman–Crippen MR) is 85.8 cm³/mol. The second-order valence-electron chi connectivity index (χ2n) is 6.67. The van der Waals surface area contributed by atoms with Crippen LogP contribution in [0.1, 0.15) is 30.4 Å². The van der Waals surface area contributed by atoms with Gasteiger partial charge >= 0.3 is 0 Å². The van der Waals surface area contributed by atoms with Crippen LogP contribution in [0.3, 0.4) is 0 Å². The van der Waals surface area contributed by atoms with Crippen molar-refractivity contribution in [3.05, 3.63) is 33.8 Å². The van der Waals surface area contributed by atoms with Gasteiger partial charge in [0, 0.05) is 16.4 Å². The third-order valence-electron chi connectivity index (χ3n) is 5.45. The lowest BCUT2D eigenvalue weighted by Crippen LogP contribution is -2.45. The van der Waals surface area contributed by atoms with E-state index in [1.54, 1.807) is 0 Å². The number of halogens is 1. The number of rotatable bonds is 2. The fraction of sp³-hybridized carbons (Fsp3) is 0.529. The van der Waals surface area contributed by atoms with Gasteiger partial charge in [-0.05, 0) is 55.4 Å². The Hall–Kier alpha value is -1.54. The number of nitriles is 1. The van der Waals surface area contributed by atoms with E-state index in [-0.39, 0.29) is 23.9 Å². The van der Waals surface area contributed by atoms with Crippen LogP contribution in [0.2, 0.25) is 0 Å². The zero-order valence-electron chi connectivity index (χ0n) is 12.3. The van der Waals surface area contributed by atoms with E-state index < -0.39 is 0 Å². The molecule has 4 rings (SSSR count). The third-order valence-corrected chi connectivity index (χ3v) is 5.94. The Morgan fingerprint density at radius 2 is 2.14 bits per heavy atom. The Morgan fingerprint density at radius 3 is 2.91 bits per heavy atom. The van der Waals surface area contributed by atoms with Gasteiger partial charge in [-0.2, -0.15) is 5.26 Å². The van der Waals surface area contributed by atoms with E-state index in [9.17, 15) is 10.1 Å². The minimum Gasteiger partial charge on any atom is -0.351 e. The first kappa shape index (κ1) is 14.1. The highest BCUT2D eigenvalue weighted by atomic mass is 79.9. The highest BCUT2D eigenvalue weighted by Gasteiger charge is 2.47. The smallest absolute Gasteiger partial charge is 0.224 e. The Bertz CT molecular complexity index is 668. The van der Waals surface area contributed by atoms with Crippen LogP contribution in [0.4, 0.5) is 0 Å². The molecule has 0 aromatic heterocycles. The van der Waals surface area contributed by atoms with Crippen molar-refractivity contribution in [3.8, 4) is 6.19 Å². The van der Waals surface area contributed by atoms with Crippen molar-refractivity contribution in [1.29, 1.82) is 5.26 Å². The van der Waals surface area contributed by atoms with Crippen molar-refractivity contribution < 1.29 is 4.79 Å². The van der Waals surface area contributed by atoms with Crippen molar-refractivity contribution in [2.24, 2.45) is 5.92 Å². The lowest BCUT2D eigenvalue weighted by atomic mass is 9.94. The molecule has 0 spiro atoms. The van der Waals surface area contributed by atoms with Gasteiger partial charge in [0.15, 0.2) is 6.19 Å². The van der Waals surface area contributed by atoms with Gasteiger partial charge in [-0.1, -0.05) is 22.0 Å². The first-order valence-corrected chi connectivity index (χ1v) is 8.71. The van der Waals surface area contributed by atoms with E-state index in [4.69, 9.17) is 0 Å². The first-order valence-electron chi connectivity index (χ1n) is 7.91. The molecule has 1 N–H and O–H groups in total. The van der Waals surface area contributed by atoms with Gasteiger partial charge in [-0.25, -0.2) is 0 Å². The summed E-state index contributed by atoms with van der Waals surface area (Å²) < 4.78 is 1.07. The number of carbonyl (C=O) groups is 1. The molecule has 1 aliphatic carbocycles. The summed E-state index contributed by atoms with van der Waals surface area (Å²) in [6.45, 7) is 0. The maximum absolute atomic E-state index is 12.6.